The van der Waals surface area contributed by atoms with Crippen molar-refractivity contribution in [3.63, 3.8) is 0 Å². The van der Waals surface area contributed by atoms with E-state index in [0.717, 1.165) is 79.9 Å². The quantitative estimate of drug-likeness (QED) is 0.0818. The summed E-state index contributed by atoms with van der Waals surface area (Å²) in [6.45, 7) is 14.6. The van der Waals surface area contributed by atoms with Crippen LogP contribution in [0, 0.1) is 27.7 Å². The molecule has 3 aromatic carbocycles. The maximum absolute atomic E-state index is 5.41. The average molecular weight is 1060 g/mol. The summed E-state index contributed by atoms with van der Waals surface area (Å²) in [6.07, 6.45) is 15.0. The van der Waals surface area contributed by atoms with E-state index in [1.807, 2.05) is 85.4 Å². The number of hydrogen-bond donors (Lipinski definition) is 3. The molecule has 402 valence electrons. The number of aryl methyl sites for hydroxylation is 3. The number of nitrogens with zero attached hydrogens (tertiary/aromatic N) is 12. The van der Waals surface area contributed by atoms with E-state index in [1.54, 1.807) is 6.20 Å². The Bertz CT molecular complexity index is 3700. The fourth-order valence-corrected chi connectivity index (χ4v) is 9.26. The topological polar surface area (TPSA) is 222 Å². The van der Waals surface area contributed by atoms with Crippen LogP contribution in [0.25, 0.3) is 40.0 Å². The summed E-state index contributed by atoms with van der Waals surface area (Å²) in [5.74, 6) is 10.1. The second-order valence-electron chi connectivity index (χ2n) is 21.7. The molecule has 7 aromatic heterocycles. The van der Waals surface area contributed by atoms with Crippen LogP contribution < -0.4 is 16.0 Å². The summed E-state index contributed by atoms with van der Waals surface area (Å²) in [5.41, 5.74) is 11.7. The highest BCUT2D eigenvalue weighted by Crippen LogP contribution is 2.42. The molecule has 0 spiro atoms. The summed E-state index contributed by atoms with van der Waals surface area (Å²) in [4.78, 5) is 31.7. The Labute approximate surface area is 458 Å². The Hall–Kier alpha value is -8.67. The van der Waals surface area contributed by atoms with E-state index in [0.29, 0.717) is 41.3 Å². The Kier molecular flexibility index (Phi) is 14.2. The number of hydrogen-bond acceptors (Lipinski definition) is 17. The van der Waals surface area contributed by atoms with Gasteiger partial charge in [-0.15, -0.1) is 0 Å². The first-order chi connectivity index (χ1) is 38.5. The Morgan fingerprint density at radius 2 is 0.899 bits per heavy atom. The summed E-state index contributed by atoms with van der Waals surface area (Å²) >= 11 is 0. The molecule has 79 heavy (non-hydrogen) atoms. The van der Waals surface area contributed by atoms with Crippen molar-refractivity contribution in [1.29, 1.82) is 0 Å². The van der Waals surface area contributed by atoms with E-state index in [-0.39, 0.29) is 18.1 Å². The van der Waals surface area contributed by atoms with Crippen molar-refractivity contribution in [2.45, 2.75) is 142 Å². The van der Waals surface area contributed by atoms with Crippen LogP contribution in [-0.4, -0.2) is 60.0 Å². The highest BCUT2D eigenvalue weighted by Gasteiger charge is 2.31. The lowest BCUT2D eigenvalue weighted by molar-refractivity contribution is 0.422. The molecule has 4 aliphatic rings. The SMILES string of the molecule is Cc1cc(NC(C)c2ccc(-c3nc(C4CC4)no3)cc2)n2nccc2n1.Cc1ccnc(NC(C)c2ccc(-c3nc(C4CC4)no3)cc2)c1C.Cc1cnc(C2CC2)nc1NC(C)c1ccc(-c2nc(C3CC3)no2)cc1. The number of nitrogens with one attached hydrogen (secondary N) is 3. The van der Waals surface area contributed by atoms with Crippen LogP contribution in [0.3, 0.4) is 0 Å². The first-order valence-electron chi connectivity index (χ1n) is 27.6. The van der Waals surface area contributed by atoms with E-state index in [1.165, 1.54) is 73.6 Å². The lowest BCUT2D eigenvalue weighted by Gasteiger charge is -2.17. The van der Waals surface area contributed by atoms with E-state index in [2.05, 4.69) is 137 Å². The molecule has 4 saturated carbocycles. The summed E-state index contributed by atoms with van der Waals surface area (Å²) in [5, 5.41) is 27.2. The smallest absolute Gasteiger partial charge is 0.257 e. The summed E-state index contributed by atoms with van der Waals surface area (Å²) in [7, 11) is 0. The Morgan fingerprint density at radius 1 is 0.456 bits per heavy atom. The van der Waals surface area contributed by atoms with Crippen molar-refractivity contribution < 1.29 is 13.6 Å². The van der Waals surface area contributed by atoms with Gasteiger partial charge in [-0.05, 0) is 170 Å². The molecule has 4 fully saturated rings. The number of aromatic nitrogens is 12. The maximum atomic E-state index is 5.41. The zero-order chi connectivity index (χ0) is 54.1. The van der Waals surface area contributed by atoms with Crippen molar-refractivity contribution in [2.75, 3.05) is 16.0 Å². The van der Waals surface area contributed by atoms with Gasteiger partial charge in [-0.1, -0.05) is 51.9 Å². The van der Waals surface area contributed by atoms with E-state index < -0.39 is 0 Å². The third-order valence-corrected chi connectivity index (χ3v) is 15.1. The van der Waals surface area contributed by atoms with E-state index >= 15 is 0 Å². The molecule has 0 bridgehead atoms. The highest BCUT2D eigenvalue weighted by molar-refractivity contribution is 5.58. The Morgan fingerprint density at radius 3 is 1.37 bits per heavy atom. The number of pyridine rings is 1. The van der Waals surface area contributed by atoms with Crippen molar-refractivity contribution in [3.8, 4) is 34.4 Å². The molecule has 14 rings (SSSR count). The second kappa shape index (κ2) is 22.0. The van der Waals surface area contributed by atoms with Gasteiger partial charge in [0.2, 0.25) is 0 Å². The lowest BCUT2D eigenvalue weighted by atomic mass is 10.1. The van der Waals surface area contributed by atoms with Crippen LogP contribution in [0.5, 0.6) is 0 Å². The van der Waals surface area contributed by atoms with Gasteiger partial charge >= 0.3 is 0 Å². The minimum absolute atomic E-state index is 0.109. The van der Waals surface area contributed by atoms with E-state index in [9.17, 15) is 0 Å². The fraction of sp³-hybridized carbons (Fsp3) is 0.361. The summed E-state index contributed by atoms with van der Waals surface area (Å²) in [6, 6.07) is 31.1. The zero-order valence-corrected chi connectivity index (χ0v) is 45.7. The monoisotopic (exact) mass is 1060 g/mol. The average Bonchev–Trinajstić information content (AvgIpc) is 4.43. The van der Waals surface area contributed by atoms with Crippen molar-refractivity contribution in [1.82, 2.24) is 60.0 Å². The number of rotatable bonds is 16. The van der Waals surface area contributed by atoms with Crippen molar-refractivity contribution in [2.24, 2.45) is 0 Å². The van der Waals surface area contributed by atoms with E-state index in [4.69, 9.17) is 18.6 Å². The van der Waals surface area contributed by atoms with Crippen LogP contribution >= 0.6 is 0 Å². The zero-order valence-electron chi connectivity index (χ0n) is 45.7. The second-order valence-corrected chi connectivity index (χ2v) is 21.7. The molecule has 4 aliphatic carbocycles. The lowest BCUT2D eigenvalue weighted by Crippen LogP contribution is -2.11. The number of anilines is 3. The van der Waals surface area contributed by atoms with Crippen LogP contribution in [0.4, 0.5) is 17.5 Å². The highest BCUT2D eigenvalue weighted by atomic mass is 16.5. The molecule has 10 aromatic rings. The van der Waals surface area contributed by atoms with Gasteiger partial charge < -0.3 is 29.5 Å². The van der Waals surface area contributed by atoms with Gasteiger partial charge in [0.25, 0.3) is 17.7 Å². The molecule has 0 aliphatic heterocycles. The molecule has 18 heteroatoms. The largest absolute Gasteiger partial charge is 0.363 e. The Balaban J connectivity index is 0.000000118. The van der Waals surface area contributed by atoms with Gasteiger partial charge in [-0.2, -0.15) is 24.6 Å². The van der Waals surface area contributed by atoms with Crippen LogP contribution in [0.2, 0.25) is 0 Å². The molecule has 3 atom stereocenters. The van der Waals surface area contributed by atoms with Gasteiger partial charge in [-0.25, -0.2) is 19.9 Å². The third-order valence-electron chi connectivity index (χ3n) is 15.1. The number of fused-ring (bicyclic) bond motifs is 1. The summed E-state index contributed by atoms with van der Waals surface area (Å²) < 4.78 is 18.0. The molecule has 3 N–H and O–H groups in total. The van der Waals surface area contributed by atoms with Crippen molar-refractivity contribution in [3.05, 3.63) is 172 Å². The van der Waals surface area contributed by atoms with Gasteiger partial charge in [0, 0.05) is 94.3 Å². The molecule has 0 saturated heterocycles. The molecular formula is C61H65N15O3. The molecular weight excluding hydrogens is 991 g/mol. The first-order valence-corrected chi connectivity index (χ1v) is 27.6. The minimum Gasteiger partial charge on any atom is -0.363 e. The standard InChI is InChI=1S/C21H23N5O.C20H20N6O.C20H22N4O/c1-12-11-22-19(15-5-6-15)24-18(12)23-13(2)14-3-9-17(10-4-14)21-25-20(26-27-21)16-7-8-16;1-12-11-18(26-17(22-12)9-10-21-26)23-13(2)14-3-7-16(8-4-14)20-24-19(25-27-20)15-5-6-15;1-12-10-11-21-18(13(12)2)22-14(3)15-4-8-17(9-5-15)20-23-19(24-25-20)16-6-7-16/h3-4,9-11,13,15-16H,5-8H2,1-2H3,(H,22,23,24);3-4,7-11,13,15,23H,5-6H2,1-2H3;4-5,8-11,14,16H,6-7H2,1-3H3,(H,21,22). The predicted octanol–water partition coefficient (Wildman–Crippen LogP) is 13.7. The van der Waals surface area contributed by atoms with Gasteiger partial charge in [0.1, 0.15) is 23.3 Å². The molecule has 18 nitrogen and oxygen atoms in total. The molecule has 0 amide bonds. The first kappa shape index (κ1) is 51.1. The normalized spacial score (nSPS) is 16.0. The van der Waals surface area contributed by atoms with Gasteiger partial charge in [-0.3, -0.25) is 0 Å². The maximum Gasteiger partial charge on any atom is 0.257 e. The van der Waals surface area contributed by atoms with Crippen molar-refractivity contribution >= 4 is 23.1 Å². The minimum atomic E-state index is 0.109. The van der Waals surface area contributed by atoms with Gasteiger partial charge in [0.05, 0.1) is 6.20 Å². The third kappa shape index (κ3) is 12.1. The predicted molar refractivity (Wildman–Crippen MR) is 301 cm³/mol. The van der Waals surface area contributed by atoms with Crippen LogP contribution in [0.15, 0.2) is 123 Å². The molecule has 7 heterocycles. The van der Waals surface area contributed by atoms with Crippen LogP contribution in [-0.2, 0) is 0 Å². The molecule has 3 unspecified atom stereocenters. The van der Waals surface area contributed by atoms with Crippen LogP contribution in [0.1, 0.15) is 176 Å². The van der Waals surface area contributed by atoms with Gasteiger partial charge in [0.15, 0.2) is 23.1 Å². The fourth-order valence-electron chi connectivity index (χ4n) is 9.26. The number of benzene rings is 3. The molecule has 0 radical (unpaired) electrons.